The quantitative estimate of drug-likeness (QED) is 0.613. The van der Waals surface area contributed by atoms with Crippen LogP contribution in [-0.4, -0.2) is 35.4 Å². The number of ketones is 1. The van der Waals surface area contributed by atoms with Gasteiger partial charge in [-0.1, -0.05) is 0 Å². The number of nitrogens with one attached hydrogen (secondary N) is 1. The van der Waals surface area contributed by atoms with E-state index in [-0.39, 0.29) is 23.4 Å². The van der Waals surface area contributed by atoms with Gasteiger partial charge < -0.3 is 14.5 Å². The van der Waals surface area contributed by atoms with E-state index in [2.05, 4.69) is 4.98 Å². The van der Waals surface area contributed by atoms with Crippen molar-refractivity contribution < 1.29 is 32.6 Å². The highest BCUT2D eigenvalue weighted by molar-refractivity contribution is 6.04. The van der Waals surface area contributed by atoms with E-state index >= 15 is 0 Å². The molecule has 1 heterocycles. The zero-order valence-electron chi connectivity index (χ0n) is 15.3. The Morgan fingerprint density at radius 1 is 1.07 bits per heavy atom. The summed E-state index contributed by atoms with van der Waals surface area (Å²) in [7, 11) is 0. The second-order valence-electron chi connectivity index (χ2n) is 5.92. The lowest BCUT2D eigenvalue weighted by Crippen LogP contribution is -2.25. The molecule has 2 rings (SSSR count). The molecule has 0 saturated heterocycles. The molecule has 0 fully saturated rings. The fourth-order valence-electron chi connectivity index (χ4n) is 2.66. The number of ether oxygens (including phenoxy) is 2. The molecule has 27 heavy (non-hydrogen) atoms. The summed E-state index contributed by atoms with van der Waals surface area (Å²) >= 11 is 0. The predicted molar refractivity (Wildman–Crippen MR) is 91.8 cm³/mol. The Morgan fingerprint density at radius 3 is 2.22 bits per heavy atom. The van der Waals surface area contributed by atoms with Gasteiger partial charge in [0, 0.05) is 11.8 Å². The number of aryl methyl sites for hydroxylation is 1. The second kappa shape index (κ2) is 8.11. The van der Waals surface area contributed by atoms with Gasteiger partial charge in [-0.3, -0.25) is 4.79 Å². The van der Waals surface area contributed by atoms with E-state index in [9.17, 15) is 23.2 Å². The first kappa shape index (κ1) is 20.3. The van der Waals surface area contributed by atoms with Crippen LogP contribution >= 0.6 is 0 Å². The van der Waals surface area contributed by atoms with Gasteiger partial charge in [0.2, 0.25) is 5.78 Å². The number of benzene rings is 1. The number of esters is 2. The van der Waals surface area contributed by atoms with E-state index in [1.165, 1.54) is 6.92 Å². The number of carbonyl (C=O) groups excluding carboxylic acids is 3. The standard InChI is InChI=1S/C19H19F2NO5/c1-5-26-19(25)15-9(2)16(22-10(15)3)17(23)11(4)27-18(24)12-6-13(20)8-14(21)7-12/h6-8,11,22H,5H2,1-4H3. The van der Waals surface area contributed by atoms with Gasteiger partial charge in [-0.15, -0.1) is 0 Å². The number of carbonyl (C=O) groups is 3. The number of rotatable bonds is 6. The van der Waals surface area contributed by atoms with Crippen LogP contribution in [0.5, 0.6) is 0 Å². The number of aromatic nitrogens is 1. The monoisotopic (exact) mass is 379 g/mol. The van der Waals surface area contributed by atoms with Gasteiger partial charge in [0.25, 0.3) is 0 Å². The van der Waals surface area contributed by atoms with E-state index < -0.39 is 35.5 Å². The van der Waals surface area contributed by atoms with Crippen molar-refractivity contribution in [2.45, 2.75) is 33.8 Å². The molecular formula is C19H19F2NO5. The Kier molecular flexibility index (Phi) is 6.09. The van der Waals surface area contributed by atoms with E-state index in [0.29, 0.717) is 17.3 Å². The minimum atomic E-state index is -1.24. The van der Waals surface area contributed by atoms with Crippen molar-refractivity contribution in [3.8, 4) is 0 Å². The number of aromatic amines is 1. The van der Waals surface area contributed by atoms with Crippen LogP contribution in [-0.2, 0) is 9.47 Å². The topological polar surface area (TPSA) is 85.5 Å². The Bertz CT molecular complexity index is 883. The van der Waals surface area contributed by atoms with Crippen molar-refractivity contribution in [2.75, 3.05) is 6.61 Å². The van der Waals surface area contributed by atoms with Gasteiger partial charge in [-0.05, 0) is 45.4 Å². The van der Waals surface area contributed by atoms with Crippen molar-refractivity contribution in [3.63, 3.8) is 0 Å². The highest BCUT2D eigenvalue weighted by Crippen LogP contribution is 2.21. The molecule has 1 N–H and O–H groups in total. The Morgan fingerprint density at radius 2 is 1.67 bits per heavy atom. The third-order valence-corrected chi connectivity index (χ3v) is 3.91. The summed E-state index contributed by atoms with van der Waals surface area (Å²) in [4.78, 5) is 39.5. The summed E-state index contributed by atoms with van der Waals surface area (Å²) in [6.45, 7) is 6.36. The van der Waals surface area contributed by atoms with E-state index in [1.807, 2.05) is 0 Å². The van der Waals surface area contributed by atoms with Crippen molar-refractivity contribution in [3.05, 3.63) is 57.9 Å². The summed E-state index contributed by atoms with van der Waals surface area (Å²) in [6.07, 6.45) is -1.24. The number of Topliss-reactive ketones (excluding diaryl/α,β-unsaturated/α-hetero) is 1. The van der Waals surface area contributed by atoms with Gasteiger partial charge in [0.05, 0.1) is 23.4 Å². The Hall–Kier alpha value is -3.03. The zero-order chi connectivity index (χ0) is 20.3. The molecule has 0 aliphatic rings. The van der Waals surface area contributed by atoms with Crippen LogP contribution < -0.4 is 0 Å². The fourth-order valence-corrected chi connectivity index (χ4v) is 2.66. The third kappa shape index (κ3) is 4.39. The maximum atomic E-state index is 13.2. The predicted octanol–water partition coefficient (Wildman–Crippen LogP) is 3.51. The molecular weight excluding hydrogens is 360 g/mol. The molecule has 1 aromatic heterocycles. The van der Waals surface area contributed by atoms with Gasteiger partial charge in [0.1, 0.15) is 11.6 Å². The van der Waals surface area contributed by atoms with Crippen LogP contribution in [0.4, 0.5) is 8.78 Å². The van der Waals surface area contributed by atoms with Crippen LogP contribution in [0.25, 0.3) is 0 Å². The Balaban J connectivity index is 2.21. The molecule has 1 aromatic carbocycles. The van der Waals surface area contributed by atoms with Gasteiger partial charge >= 0.3 is 11.9 Å². The summed E-state index contributed by atoms with van der Waals surface area (Å²) in [5.74, 6) is -4.06. The zero-order valence-corrected chi connectivity index (χ0v) is 15.3. The lowest BCUT2D eigenvalue weighted by Gasteiger charge is -2.12. The average molecular weight is 379 g/mol. The molecule has 0 aliphatic carbocycles. The summed E-state index contributed by atoms with van der Waals surface area (Å²) < 4.78 is 36.4. The molecule has 144 valence electrons. The summed E-state index contributed by atoms with van der Waals surface area (Å²) in [5.41, 5.74) is 0.807. The van der Waals surface area contributed by atoms with Crippen molar-refractivity contribution in [1.29, 1.82) is 0 Å². The van der Waals surface area contributed by atoms with Crippen molar-refractivity contribution >= 4 is 17.7 Å². The molecule has 0 saturated carbocycles. The maximum absolute atomic E-state index is 13.2. The SMILES string of the molecule is CCOC(=O)c1c(C)[nH]c(C(=O)C(C)OC(=O)c2cc(F)cc(F)c2)c1C. The van der Waals surface area contributed by atoms with Crippen LogP contribution in [0.15, 0.2) is 18.2 Å². The van der Waals surface area contributed by atoms with Crippen LogP contribution in [0.1, 0.15) is 56.3 Å². The highest BCUT2D eigenvalue weighted by atomic mass is 19.1. The smallest absolute Gasteiger partial charge is 0.340 e. The molecule has 0 aliphatic heterocycles. The number of hydrogen-bond donors (Lipinski definition) is 1. The minimum absolute atomic E-state index is 0.0984. The number of H-pyrrole nitrogens is 1. The van der Waals surface area contributed by atoms with Crippen molar-refractivity contribution in [2.24, 2.45) is 0 Å². The van der Waals surface area contributed by atoms with Gasteiger partial charge in [0.15, 0.2) is 6.10 Å². The molecule has 6 nitrogen and oxygen atoms in total. The summed E-state index contributed by atoms with van der Waals surface area (Å²) in [5, 5.41) is 0. The van der Waals surface area contributed by atoms with Crippen LogP contribution in [0, 0.1) is 25.5 Å². The molecule has 1 atom stereocenters. The lowest BCUT2D eigenvalue weighted by molar-refractivity contribution is 0.0315. The summed E-state index contributed by atoms with van der Waals surface area (Å²) in [6, 6.07) is 2.24. The second-order valence-corrected chi connectivity index (χ2v) is 5.92. The third-order valence-electron chi connectivity index (χ3n) is 3.91. The van der Waals surface area contributed by atoms with Crippen LogP contribution in [0.3, 0.4) is 0 Å². The average Bonchev–Trinajstić information content (AvgIpc) is 2.87. The maximum Gasteiger partial charge on any atom is 0.340 e. The molecule has 0 bridgehead atoms. The molecule has 0 amide bonds. The molecule has 1 unspecified atom stereocenters. The Labute approximate surface area is 154 Å². The van der Waals surface area contributed by atoms with E-state index in [0.717, 1.165) is 12.1 Å². The van der Waals surface area contributed by atoms with E-state index in [1.54, 1.807) is 20.8 Å². The first-order valence-corrected chi connectivity index (χ1v) is 8.23. The normalized spacial score (nSPS) is 11.8. The van der Waals surface area contributed by atoms with Gasteiger partial charge in [-0.25, -0.2) is 18.4 Å². The fraction of sp³-hybridized carbons (Fsp3) is 0.316. The highest BCUT2D eigenvalue weighted by Gasteiger charge is 2.28. The first-order valence-electron chi connectivity index (χ1n) is 8.23. The van der Waals surface area contributed by atoms with Gasteiger partial charge in [-0.2, -0.15) is 0 Å². The largest absolute Gasteiger partial charge is 0.462 e. The number of hydrogen-bond acceptors (Lipinski definition) is 5. The van der Waals surface area contributed by atoms with Crippen LogP contribution in [0.2, 0.25) is 0 Å². The molecule has 0 spiro atoms. The minimum Gasteiger partial charge on any atom is -0.462 e. The molecule has 2 aromatic rings. The molecule has 0 radical (unpaired) electrons. The number of halogens is 2. The van der Waals surface area contributed by atoms with Crippen molar-refractivity contribution in [1.82, 2.24) is 4.98 Å². The lowest BCUT2D eigenvalue weighted by atomic mass is 10.1. The molecule has 8 heteroatoms. The first-order chi connectivity index (χ1) is 12.6. The van der Waals surface area contributed by atoms with E-state index in [4.69, 9.17) is 9.47 Å².